The SMILES string of the molecule is O=C1CCCCCCCCC(=O)OCCCCO1.O=C1OCCCCOC(=O)c2ccc1cc2. The van der Waals surface area contributed by atoms with Crippen molar-refractivity contribution in [2.24, 2.45) is 0 Å². The van der Waals surface area contributed by atoms with Gasteiger partial charge in [0.25, 0.3) is 0 Å². The van der Waals surface area contributed by atoms with Crippen molar-refractivity contribution in [2.75, 3.05) is 26.4 Å². The molecule has 8 heteroatoms. The molecule has 0 N–H and O–H groups in total. The van der Waals surface area contributed by atoms with Gasteiger partial charge in [0.15, 0.2) is 0 Å². The van der Waals surface area contributed by atoms with Crippen molar-refractivity contribution in [3.63, 3.8) is 0 Å². The smallest absolute Gasteiger partial charge is 0.338 e. The number of cyclic esters (lactones) is 2. The highest BCUT2D eigenvalue weighted by Crippen LogP contribution is 2.11. The van der Waals surface area contributed by atoms with E-state index in [4.69, 9.17) is 18.9 Å². The number of rotatable bonds is 0. The molecule has 8 nitrogen and oxygen atoms in total. The maximum atomic E-state index is 11.5. The predicted octanol–water partition coefficient (Wildman–Crippen LogP) is 4.78. The van der Waals surface area contributed by atoms with Crippen LogP contribution in [0, 0.1) is 0 Å². The Hall–Kier alpha value is -2.90. The molecule has 3 aliphatic heterocycles. The molecule has 1 aromatic rings. The van der Waals surface area contributed by atoms with Crippen LogP contribution in [0.4, 0.5) is 0 Å². The number of carbonyl (C=O) groups excluding carboxylic acids is 4. The fourth-order valence-corrected chi connectivity index (χ4v) is 3.41. The van der Waals surface area contributed by atoms with E-state index in [0.29, 0.717) is 63.2 Å². The van der Waals surface area contributed by atoms with Crippen LogP contribution in [-0.4, -0.2) is 50.3 Å². The molecule has 4 rings (SSSR count). The van der Waals surface area contributed by atoms with Gasteiger partial charge in [-0.25, -0.2) is 9.59 Å². The van der Waals surface area contributed by atoms with Gasteiger partial charge in [0.1, 0.15) is 0 Å². The van der Waals surface area contributed by atoms with E-state index in [2.05, 4.69) is 0 Å². The summed E-state index contributed by atoms with van der Waals surface area (Å²) < 4.78 is 20.3. The Morgan fingerprint density at radius 3 is 1.12 bits per heavy atom. The Morgan fingerprint density at radius 2 is 0.735 bits per heavy atom. The minimum Gasteiger partial charge on any atom is -0.466 e. The average Bonchev–Trinajstić information content (AvgIpc) is 2.84. The molecule has 0 aromatic heterocycles. The van der Waals surface area contributed by atoms with Gasteiger partial charge in [-0.3, -0.25) is 9.59 Å². The third-order valence-corrected chi connectivity index (χ3v) is 5.44. The normalized spacial score (nSPS) is 19.6. The summed E-state index contributed by atoms with van der Waals surface area (Å²) in [6, 6.07) is 6.28. The molecule has 0 aliphatic carbocycles. The lowest BCUT2D eigenvalue weighted by atomic mass is 10.1. The molecule has 1 aromatic carbocycles. The standard InChI is InChI=1S/C14H24O4.C12H12O4/c15-13-9-5-3-1-2-4-6-10-14(16)18-12-8-7-11-17-13;13-11-9-3-5-10(6-4-9)12(14)16-8-2-1-7-15-11/h1-12H2;3-6H,1-2,7-8H2. The van der Waals surface area contributed by atoms with Crippen LogP contribution in [0.3, 0.4) is 0 Å². The molecule has 0 atom stereocenters. The second-order valence-electron chi connectivity index (χ2n) is 8.33. The van der Waals surface area contributed by atoms with Crippen LogP contribution in [0.25, 0.3) is 0 Å². The zero-order valence-corrected chi connectivity index (χ0v) is 19.9. The molecule has 0 amide bonds. The average molecular weight is 477 g/mol. The summed E-state index contributed by atoms with van der Waals surface area (Å²) >= 11 is 0. The van der Waals surface area contributed by atoms with Gasteiger partial charge in [0.05, 0.1) is 37.6 Å². The summed E-state index contributed by atoms with van der Waals surface area (Å²) in [6.07, 6.45) is 10.2. The third kappa shape index (κ3) is 11.8. The van der Waals surface area contributed by atoms with Gasteiger partial charge in [-0.15, -0.1) is 0 Å². The highest BCUT2D eigenvalue weighted by Gasteiger charge is 2.12. The number of benzene rings is 1. The summed E-state index contributed by atoms with van der Waals surface area (Å²) in [5.41, 5.74) is 0.911. The summed E-state index contributed by atoms with van der Waals surface area (Å²) in [5, 5.41) is 0. The molecule has 0 unspecified atom stereocenters. The van der Waals surface area contributed by atoms with Crippen LogP contribution >= 0.6 is 0 Å². The van der Waals surface area contributed by atoms with Crippen molar-refractivity contribution in [3.05, 3.63) is 35.4 Å². The van der Waals surface area contributed by atoms with Crippen molar-refractivity contribution in [1.82, 2.24) is 0 Å². The Labute approximate surface area is 201 Å². The summed E-state index contributed by atoms with van der Waals surface area (Å²) in [6.45, 7) is 1.60. The number of ether oxygens (including phenoxy) is 4. The lowest BCUT2D eigenvalue weighted by Crippen LogP contribution is -2.12. The van der Waals surface area contributed by atoms with Crippen LogP contribution < -0.4 is 0 Å². The molecule has 2 bridgehead atoms. The molecule has 188 valence electrons. The summed E-state index contributed by atoms with van der Waals surface area (Å²) in [5.74, 6) is -0.890. The van der Waals surface area contributed by atoms with E-state index in [-0.39, 0.29) is 23.9 Å². The third-order valence-electron chi connectivity index (χ3n) is 5.44. The maximum absolute atomic E-state index is 11.5. The van der Waals surface area contributed by atoms with E-state index in [1.54, 1.807) is 24.3 Å². The van der Waals surface area contributed by atoms with Crippen molar-refractivity contribution in [3.8, 4) is 0 Å². The van der Waals surface area contributed by atoms with E-state index in [1.807, 2.05) is 0 Å². The highest BCUT2D eigenvalue weighted by atomic mass is 16.5. The molecule has 3 heterocycles. The molecular formula is C26H36O8. The van der Waals surface area contributed by atoms with Gasteiger partial charge in [-0.1, -0.05) is 25.7 Å². The number of hydrogen-bond donors (Lipinski definition) is 0. The zero-order chi connectivity index (χ0) is 24.4. The first-order valence-corrected chi connectivity index (χ1v) is 12.3. The van der Waals surface area contributed by atoms with Gasteiger partial charge in [-0.05, 0) is 62.8 Å². The predicted molar refractivity (Wildman–Crippen MR) is 124 cm³/mol. The minimum atomic E-state index is -0.347. The molecule has 0 radical (unpaired) electrons. The molecule has 1 saturated heterocycles. The van der Waals surface area contributed by atoms with Crippen LogP contribution in [0.1, 0.15) is 97.8 Å². The van der Waals surface area contributed by atoms with Crippen molar-refractivity contribution >= 4 is 23.9 Å². The van der Waals surface area contributed by atoms with Gasteiger partial charge in [0, 0.05) is 12.8 Å². The first-order valence-electron chi connectivity index (χ1n) is 12.3. The highest BCUT2D eigenvalue weighted by molar-refractivity contribution is 5.93. The molecule has 34 heavy (non-hydrogen) atoms. The number of carbonyl (C=O) groups is 4. The van der Waals surface area contributed by atoms with E-state index in [0.717, 1.165) is 51.4 Å². The van der Waals surface area contributed by atoms with Crippen molar-refractivity contribution in [1.29, 1.82) is 0 Å². The molecule has 1 fully saturated rings. The Kier molecular flexibility index (Phi) is 13.4. The number of esters is 4. The topological polar surface area (TPSA) is 105 Å². The van der Waals surface area contributed by atoms with Crippen LogP contribution in [-0.2, 0) is 28.5 Å². The summed E-state index contributed by atoms with van der Waals surface area (Å²) in [7, 11) is 0. The van der Waals surface area contributed by atoms with Crippen molar-refractivity contribution in [2.45, 2.75) is 77.0 Å². The Balaban J connectivity index is 0.000000241. The summed E-state index contributed by atoms with van der Waals surface area (Å²) in [4.78, 5) is 45.6. The lowest BCUT2D eigenvalue weighted by molar-refractivity contribution is -0.146. The maximum Gasteiger partial charge on any atom is 0.338 e. The second-order valence-corrected chi connectivity index (χ2v) is 8.33. The Bertz CT molecular complexity index is 707. The van der Waals surface area contributed by atoms with Crippen LogP contribution in [0.2, 0.25) is 0 Å². The van der Waals surface area contributed by atoms with Crippen LogP contribution in [0.15, 0.2) is 24.3 Å². The number of fused-ring (bicyclic) bond motifs is 9. The van der Waals surface area contributed by atoms with E-state index in [9.17, 15) is 19.2 Å². The zero-order valence-electron chi connectivity index (χ0n) is 19.9. The Morgan fingerprint density at radius 1 is 0.412 bits per heavy atom. The van der Waals surface area contributed by atoms with E-state index >= 15 is 0 Å². The quantitative estimate of drug-likeness (QED) is 0.389. The molecule has 0 saturated carbocycles. The fourth-order valence-electron chi connectivity index (χ4n) is 3.41. The van der Waals surface area contributed by atoms with E-state index in [1.165, 1.54) is 0 Å². The molecular weight excluding hydrogens is 440 g/mol. The minimum absolute atomic E-state index is 0.0981. The van der Waals surface area contributed by atoms with Gasteiger partial charge >= 0.3 is 23.9 Å². The first kappa shape index (κ1) is 27.3. The van der Waals surface area contributed by atoms with Gasteiger partial charge < -0.3 is 18.9 Å². The lowest BCUT2D eigenvalue weighted by Gasteiger charge is -2.09. The first-order chi connectivity index (χ1) is 16.6. The van der Waals surface area contributed by atoms with Crippen molar-refractivity contribution < 1.29 is 38.1 Å². The van der Waals surface area contributed by atoms with Gasteiger partial charge in [0.2, 0.25) is 0 Å². The molecule has 0 spiro atoms. The van der Waals surface area contributed by atoms with Crippen LogP contribution in [0.5, 0.6) is 0 Å². The van der Waals surface area contributed by atoms with E-state index < -0.39 is 0 Å². The second kappa shape index (κ2) is 16.7. The molecule has 3 aliphatic rings. The monoisotopic (exact) mass is 476 g/mol. The largest absolute Gasteiger partial charge is 0.466 e. The number of hydrogen-bond acceptors (Lipinski definition) is 8. The van der Waals surface area contributed by atoms with Gasteiger partial charge in [-0.2, -0.15) is 0 Å². The fraction of sp³-hybridized carbons (Fsp3) is 0.615.